The zero-order valence-corrected chi connectivity index (χ0v) is 11.6. The monoisotopic (exact) mass is 308 g/mol. The number of aromatic nitrogens is 4. The molecule has 0 aliphatic heterocycles. The molecule has 0 aromatic carbocycles. The van der Waals surface area contributed by atoms with Crippen molar-refractivity contribution in [2.24, 2.45) is 0 Å². The third kappa shape index (κ3) is 2.01. The van der Waals surface area contributed by atoms with E-state index in [0.29, 0.717) is 22.8 Å². The van der Waals surface area contributed by atoms with Gasteiger partial charge in [-0.25, -0.2) is 9.97 Å². The van der Waals surface area contributed by atoms with Crippen LogP contribution in [0, 0.1) is 6.92 Å². The van der Waals surface area contributed by atoms with E-state index in [1.54, 1.807) is 10.9 Å². The van der Waals surface area contributed by atoms with Gasteiger partial charge in [-0.2, -0.15) is 0 Å². The first-order chi connectivity index (χ1) is 8.66. The van der Waals surface area contributed by atoms with E-state index in [2.05, 4.69) is 30.5 Å². The summed E-state index contributed by atoms with van der Waals surface area (Å²) in [5.74, 6) is 0. The van der Waals surface area contributed by atoms with Crippen molar-refractivity contribution in [2.75, 3.05) is 0 Å². The van der Waals surface area contributed by atoms with Crippen LogP contribution in [0.15, 0.2) is 28.1 Å². The number of hydrogen-bond acceptors (Lipinski definition) is 3. The minimum atomic E-state index is -0.0500. The Balaban J connectivity index is 1.95. The summed E-state index contributed by atoms with van der Waals surface area (Å²) in [5, 5.41) is 0. The van der Waals surface area contributed by atoms with Crippen molar-refractivity contribution >= 4 is 15.9 Å². The van der Waals surface area contributed by atoms with Crippen molar-refractivity contribution in [1.29, 1.82) is 0 Å². The van der Waals surface area contributed by atoms with Crippen molar-refractivity contribution in [3.8, 4) is 0 Å². The third-order valence-electron chi connectivity index (χ3n) is 3.18. The van der Waals surface area contributed by atoms with Gasteiger partial charge in [-0.3, -0.25) is 9.36 Å². The first-order valence-electron chi connectivity index (χ1n) is 5.89. The molecule has 2 aromatic heterocycles. The largest absolute Gasteiger partial charge is 0.330 e. The average Bonchev–Trinajstić information content (AvgIpc) is 3.11. The van der Waals surface area contributed by atoms with Gasteiger partial charge in [0.15, 0.2) is 0 Å². The van der Waals surface area contributed by atoms with Crippen molar-refractivity contribution in [1.82, 2.24) is 19.1 Å². The van der Waals surface area contributed by atoms with Crippen LogP contribution in [0.25, 0.3) is 0 Å². The molecule has 1 fully saturated rings. The molecule has 1 saturated carbocycles. The lowest BCUT2D eigenvalue weighted by atomic mass is 10.4. The topological polar surface area (TPSA) is 52.7 Å². The second-order valence-electron chi connectivity index (χ2n) is 4.60. The smallest absolute Gasteiger partial charge is 0.268 e. The maximum atomic E-state index is 12.1. The lowest BCUT2D eigenvalue weighted by Gasteiger charge is -2.09. The second-order valence-corrected chi connectivity index (χ2v) is 5.39. The average molecular weight is 309 g/mol. The van der Waals surface area contributed by atoms with E-state index in [0.717, 1.165) is 5.69 Å². The lowest BCUT2D eigenvalue weighted by Crippen LogP contribution is -2.23. The minimum Gasteiger partial charge on any atom is -0.330 e. The highest BCUT2D eigenvalue weighted by Crippen LogP contribution is 2.35. The van der Waals surface area contributed by atoms with Gasteiger partial charge in [0.1, 0.15) is 4.47 Å². The highest BCUT2D eigenvalue weighted by molar-refractivity contribution is 9.10. The molecule has 0 spiro atoms. The third-order valence-corrected chi connectivity index (χ3v) is 4.09. The van der Waals surface area contributed by atoms with Crippen LogP contribution in [-0.4, -0.2) is 19.1 Å². The minimum absolute atomic E-state index is 0.0500. The van der Waals surface area contributed by atoms with Gasteiger partial charge in [0, 0.05) is 12.2 Å². The second kappa shape index (κ2) is 4.35. The van der Waals surface area contributed by atoms with Crippen LogP contribution in [-0.2, 0) is 6.54 Å². The SMILES string of the molecule is Cc1ncn(Cc2cncn2C2CC2)c(=O)c1Br. The number of halogens is 1. The number of rotatable bonds is 3. The molecule has 0 N–H and O–H groups in total. The molecule has 0 amide bonds. The van der Waals surface area contributed by atoms with Crippen molar-refractivity contribution in [2.45, 2.75) is 32.4 Å². The fraction of sp³-hybridized carbons (Fsp3) is 0.417. The highest BCUT2D eigenvalue weighted by atomic mass is 79.9. The van der Waals surface area contributed by atoms with E-state index in [1.165, 1.54) is 12.8 Å². The van der Waals surface area contributed by atoms with E-state index in [9.17, 15) is 4.79 Å². The summed E-state index contributed by atoms with van der Waals surface area (Å²) < 4.78 is 4.29. The fourth-order valence-electron chi connectivity index (χ4n) is 1.97. The van der Waals surface area contributed by atoms with Crippen molar-refractivity contribution < 1.29 is 0 Å². The zero-order valence-electron chi connectivity index (χ0n) is 10.0. The standard InChI is InChI=1S/C12H13BrN4O/c1-8-11(13)12(18)16(7-15-8)5-10-4-14-6-17(10)9-2-3-9/h4,6-7,9H,2-3,5H2,1H3. The van der Waals surface area contributed by atoms with Crippen LogP contribution < -0.4 is 5.56 Å². The summed E-state index contributed by atoms with van der Waals surface area (Å²) >= 11 is 3.28. The van der Waals surface area contributed by atoms with Crippen LogP contribution in [0.4, 0.5) is 0 Å². The van der Waals surface area contributed by atoms with Gasteiger partial charge in [0.05, 0.1) is 30.6 Å². The molecule has 1 aliphatic rings. The Kier molecular flexibility index (Phi) is 2.81. The van der Waals surface area contributed by atoms with E-state index < -0.39 is 0 Å². The predicted octanol–water partition coefficient (Wildman–Crippen LogP) is 1.89. The van der Waals surface area contributed by atoms with E-state index >= 15 is 0 Å². The number of aryl methyl sites for hydroxylation is 1. The first-order valence-corrected chi connectivity index (χ1v) is 6.68. The summed E-state index contributed by atoms with van der Waals surface area (Å²) in [4.78, 5) is 20.4. The molecule has 1 aliphatic carbocycles. The van der Waals surface area contributed by atoms with E-state index in [1.807, 2.05) is 19.4 Å². The summed E-state index contributed by atoms with van der Waals surface area (Å²) in [6.45, 7) is 2.32. The fourth-order valence-corrected chi connectivity index (χ4v) is 2.30. The Labute approximate surface area is 113 Å². The number of nitrogens with zero attached hydrogens (tertiary/aromatic N) is 4. The Morgan fingerprint density at radius 1 is 1.44 bits per heavy atom. The van der Waals surface area contributed by atoms with Crippen LogP contribution in [0.1, 0.15) is 30.3 Å². The summed E-state index contributed by atoms with van der Waals surface area (Å²) in [5.41, 5.74) is 1.72. The molecule has 2 heterocycles. The predicted molar refractivity (Wildman–Crippen MR) is 70.5 cm³/mol. The van der Waals surface area contributed by atoms with Gasteiger partial charge >= 0.3 is 0 Å². The molecule has 0 unspecified atom stereocenters. The molecule has 6 heteroatoms. The van der Waals surface area contributed by atoms with Crippen LogP contribution in [0.3, 0.4) is 0 Å². The zero-order chi connectivity index (χ0) is 12.7. The maximum Gasteiger partial charge on any atom is 0.268 e. The summed E-state index contributed by atoms with van der Waals surface area (Å²) in [7, 11) is 0. The van der Waals surface area contributed by atoms with Crippen LogP contribution >= 0.6 is 15.9 Å². The molecule has 0 saturated heterocycles. The normalized spacial score (nSPS) is 15.0. The molecular weight excluding hydrogens is 296 g/mol. The Hall–Kier alpha value is -1.43. The molecule has 0 bridgehead atoms. The Morgan fingerprint density at radius 2 is 2.22 bits per heavy atom. The molecule has 3 rings (SSSR count). The molecule has 0 radical (unpaired) electrons. The lowest BCUT2D eigenvalue weighted by molar-refractivity contribution is 0.635. The van der Waals surface area contributed by atoms with Gasteiger partial charge in [-0.1, -0.05) is 0 Å². The van der Waals surface area contributed by atoms with Crippen molar-refractivity contribution in [3.63, 3.8) is 0 Å². The van der Waals surface area contributed by atoms with Gasteiger partial charge in [0.2, 0.25) is 0 Å². The van der Waals surface area contributed by atoms with E-state index in [4.69, 9.17) is 0 Å². The molecule has 18 heavy (non-hydrogen) atoms. The van der Waals surface area contributed by atoms with Gasteiger partial charge < -0.3 is 4.57 Å². The highest BCUT2D eigenvalue weighted by Gasteiger charge is 2.25. The first kappa shape index (κ1) is 11.6. The van der Waals surface area contributed by atoms with Gasteiger partial charge in [0.25, 0.3) is 5.56 Å². The Morgan fingerprint density at radius 3 is 2.94 bits per heavy atom. The van der Waals surface area contributed by atoms with E-state index in [-0.39, 0.29) is 5.56 Å². The maximum absolute atomic E-state index is 12.1. The van der Waals surface area contributed by atoms with Crippen LogP contribution in [0.5, 0.6) is 0 Å². The van der Waals surface area contributed by atoms with Crippen LogP contribution in [0.2, 0.25) is 0 Å². The molecule has 0 atom stereocenters. The summed E-state index contributed by atoms with van der Waals surface area (Å²) in [6, 6.07) is 0.569. The quantitative estimate of drug-likeness (QED) is 0.870. The van der Waals surface area contributed by atoms with Gasteiger partial charge in [-0.15, -0.1) is 0 Å². The molecule has 5 nitrogen and oxygen atoms in total. The summed E-state index contributed by atoms with van der Waals surface area (Å²) in [6.07, 6.45) is 7.65. The molecule has 94 valence electrons. The number of imidazole rings is 1. The molecule has 2 aromatic rings. The Bertz CT molecular complexity index is 642. The van der Waals surface area contributed by atoms with Crippen molar-refractivity contribution in [3.05, 3.63) is 45.1 Å². The molecular formula is C12H13BrN4O. The van der Waals surface area contributed by atoms with Gasteiger partial charge in [-0.05, 0) is 35.7 Å². The number of hydrogen-bond donors (Lipinski definition) is 0.